The van der Waals surface area contributed by atoms with Crippen LogP contribution in [-0.4, -0.2) is 48.2 Å². The first-order valence-corrected chi connectivity index (χ1v) is 7.70. The monoisotopic (exact) mass is 329 g/mol. The number of nitrogens with zero attached hydrogens (tertiary/aromatic N) is 2. The Morgan fingerprint density at radius 2 is 2.25 bits per heavy atom. The lowest BCUT2D eigenvalue weighted by Crippen LogP contribution is -2.44. The standard InChI is InChI=1S/C17H19N3O4/c1-24-13-4-3-12-15(16(13)22)19-7-11-6-10(2-5-14(18)21)8-20(9-11)17(12)23/h2-5,7,10-11,22H,6,8-9H2,1H3,(H2,18,21)/b5-2+,19-7?/t10?,11-/m1/s1. The number of fused-ring (bicyclic) bond motifs is 3. The second-order valence-corrected chi connectivity index (χ2v) is 6.02. The van der Waals surface area contributed by atoms with Crippen molar-refractivity contribution in [1.82, 2.24) is 4.90 Å². The number of hydrogen-bond donors (Lipinski definition) is 2. The first-order valence-electron chi connectivity index (χ1n) is 7.70. The summed E-state index contributed by atoms with van der Waals surface area (Å²) in [5.74, 6) is -0.461. The number of phenols is 1. The highest BCUT2D eigenvalue weighted by atomic mass is 16.5. The Morgan fingerprint density at radius 3 is 2.96 bits per heavy atom. The van der Waals surface area contributed by atoms with E-state index in [4.69, 9.17) is 10.5 Å². The number of hydrogen-bond acceptors (Lipinski definition) is 5. The molecule has 1 fully saturated rings. The Labute approximate surface area is 139 Å². The number of methoxy groups -OCH3 is 1. The van der Waals surface area contributed by atoms with Crippen LogP contribution in [0.25, 0.3) is 0 Å². The van der Waals surface area contributed by atoms with Gasteiger partial charge in [0.15, 0.2) is 11.5 Å². The van der Waals surface area contributed by atoms with E-state index in [-0.39, 0.29) is 34.9 Å². The number of carbonyl (C=O) groups is 2. The summed E-state index contributed by atoms with van der Waals surface area (Å²) < 4.78 is 5.08. The SMILES string of the molecule is COc1ccc2c(c1O)N=C[C@H]1CC(/C=C/C(N)=O)CN(C1)C2=O. The van der Waals surface area contributed by atoms with Crippen molar-refractivity contribution in [2.45, 2.75) is 6.42 Å². The summed E-state index contributed by atoms with van der Waals surface area (Å²) >= 11 is 0. The van der Waals surface area contributed by atoms with Crippen molar-refractivity contribution >= 4 is 23.7 Å². The normalized spacial score (nSPS) is 22.9. The van der Waals surface area contributed by atoms with Crippen LogP contribution in [0.4, 0.5) is 5.69 Å². The number of nitrogens with two attached hydrogens (primary N) is 1. The fourth-order valence-corrected chi connectivity index (χ4v) is 3.20. The molecule has 2 aliphatic rings. The highest BCUT2D eigenvalue weighted by Crippen LogP contribution is 2.41. The molecule has 3 N–H and O–H groups in total. The maximum atomic E-state index is 12.8. The van der Waals surface area contributed by atoms with Crippen LogP contribution in [0, 0.1) is 11.8 Å². The predicted octanol–water partition coefficient (Wildman–Crippen LogP) is 1.24. The van der Waals surface area contributed by atoms with E-state index < -0.39 is 5.91 Å². The van der Waals surface area contributed by atoms with Gasteiger partial charge in [0, 0.05) is 25.2 Å². The first kappa shape index (κ1) is 16.0. The van der Waals surface area contributed by atoms with E-state index in [2.05, 4.69) is 4.99 Å². The van der Waals surface area contributed by atoms with Crippen molar-refractivity contribution in [3.63, 3.8) is 0 Å². The smallest absolute Gasteiger partial charge is 0.256 e. The van der Waals surface area contributed by atoms with Crippen LogP contribution in [0.2, 0.25) is 0 Å². The highest BCUT2D eigenvalue weighted by molar-refractivity contribution is 6.02. The molecule has 2 aliphatic heterocycles. The molecular formula is C17H19N3O4. The number of rotatable bonds is 3. The molecule has 0 radical (unpaired) electrons. The molecule has 24 heavy (non-hydrogen) atoms. The largest absolute Gasteiger partial charge is 0.503 e. The van der Waals surface area contributed by atoms with E-state index in [0.29, 0.717) is 18.7 Å². The maximum Gasteiger partial charge on any atom is 0.256 e. The molecule has 3 rings (SSSR count). The van der Waals surface area contributed by atoms with E-state index in [9.17, 15) is 14.7 Å². The minimum atomic E-state index is -0.502. The molecule has 2 bridgehead atoms. The van der Waals surface area contributed by atoms with Crippen molar-refractivity contribution in [3.8, 4) is 11.5 Å². The molecule has 1 aromatic rings. The molecule has 2 atom stereocenters. The third-order valence-corrected chi connectivity index (χ3v) is 4.31. The second-order valence-electron chi connectivity index (χ2n) is 6.02. The van der Waals surface area contributed by atoms with E-state index >= 15 is 0 Å². The summed E-state index contributed by atoms with van der Waals surface area (Å²) in [4.78, 5) is 29.8. The number of amides is 2. The Balaban J connectivity index is 1.97. The molecule has 2 heterocycles. The van der Waals surface area contributed by atoms with Crippen LogP contribution in [0.3, 0.4) is 0 Å². The average molecular weight is 329 g/mol. The van der Waals surface area contributed by atoms with Crippen molar-refractivity contribution < 1.29 is 19.4 Å². The van der Waals surface area contributed by atoms with Gasteiger partial charge >= 0.3 is 0 Å². The van der Waals surface area contributed by atoms with Gasteiger partial charge < -0.3 is 20.5 Å². The maximum absolute atomic E-state index is 12.8. The molecule has 1 unspecified atom stereocenters. The molecule has 7 nitrogen and oxygen atoms in total. The van der Waals surface area contributed by atoms with Crippen LogP contribution in [-0.2, 0) is 4.79 Å². The molecule has 0 aromatic heterocycles. The zero-order chi connectivity index (χ0) is 17.3. The second kappa shape index (κ2) is 6.35. The van der Waals surface area contributed by atoms with Gasteiger partial charge in [0.2, 0.25) is 5.91 Å². The molecule has 0 spiro atoms. The van der Waals surface area contributed by atoms with E-state index in [1.165, 1.54) is 13.2 Å². The predicted molar refractivity (Wildman–Crippen MR) is 88.6 cm³/mol. The fourth-order valence-electron chi connectivity index (χ4n) is 3.20. The number of benzene rings is 1. The number of aromatic hydroxyl groups is 1. The molecule has 1 saturated heterocycles. The van der Waals surface area contributed by atoms with Crippen LogP contribution in [0.1, 0.15) is 16.8 Å². The summed E-state index contributed by atoms with van der Waals surface area (Å²) in [6.07, 6.45) is 5.60. The topological polar surface area (TPSA) is 105 Å². The molecular weight excluding hydrogens is 310 g/mol. The Morgan fingerprint density at radius 1 is 1.46 bits per heavy atom. The van der Waals surface area contributed by atoms with Crippen molar-refractivity contribution in [2.24, 2.45) is 22.6 Å². The average Bonchev–Trinajstić information content (AvgIpc) is 2.57. The highest BCUT2D eigenvalue weighted by Gasteiger charge is 2.32. The van der Waals surface area contributed by atoms with Crippen molar-refractivity contribution in [1.29, 1.82) is 0 Å². The summed E-state index contributed by atoms with van der Waals surface area (Å²) in [6, 6.07) is 3.16. The lowest BCUT2D eigenvalue weighted by atomic mass is 9.88. The Hall–Kier alpha value is -2.83. The Kier molecular flexibility index (Phi) is 4.24. The van der Waals surface area contributed by atoms with Gasteiger partial charge in [0.25, 0.3) is 5.91 Å². The van der Waals surface area contributed by atoms with Gasteiger partial charge in [-0.2, -0.15) is 0 Å². The Bertz CT molecular complexity index is 742. The zero-order valence-electron chi connectivity index (χ0n) is 13.3. The first-order chi connectivity index (χ1) is 11.5. The number of ether oxygens (including phenoxy) is 1. The molecule has 7 heteroatoms. The van der Waals surface area contributed by atoms with Gasteiger partial charge in [-0.1, -0.05) is 6.08 Å². The minimum Gasteiger partial charge on any atom is -0.503 e. The van der Waals surface area contributed by atoms with Crippen molar-refractivity contribution in [3.05, 3.63) is 29.8 Å². The van der Waals surface area contributed by atoms with E-state index in [0.717, 1.165) is 6.42 Å². The van der Waals surface area contributed by atoms with Crippen LogP contribution < -0.4 is 10.5 Å². The van der Waals surface area contributed by atoms with Crippen LogP contribution in [0.5, 0.6) is 11.5 Å². The zero-order valence-corrected chi connectivity index (χ0v) is 13.3. The molecule has 1 aromatic carbocycles. The third kappa shape index (κ3) is 2.97. The van der Waals surface area contributed by atoms with Gasteiger partial charge in [-0.25, -0.2) is 0 Å². The number of phenolic OH excluding ortho intramolecular Hbond substituents is 1. The van der Waals surface area contributed by atoms with Gasteiger partial charge in [-0.05, 0) is 30.5 Å². The third-order valence-electron chi connectivity index (χ3n) is 4.31. The lowest BCUT2D eigenvalue weighted by Gasteiger charge is -2.36. The minimum absolute atomic E-state index is 0.0417. The summed E-state index contributed by atoms with van der Waals surface area (Å²) in [6.45, 7) is 1.06. The van der Waals surface area contributed by atoms with Crippen molar-refractivity contribution in [2.75, 3.05) is 20.2 Å². The van der Waals surface area contributed by atoms with Gasteiger partial charge in [0.1, 0.15) is 5.69 Å². The number of piperidine rings is 1. The van der Waals surface area contributed by atoms with E-state index in [1.807, 2.05) is 0 Å². The summed E-state index contributed by atoms with van der Waals surface area (Å²) in [5, 5.41) is 10.3. The quantitative estimate of drug-likeness (QED) is 0.814. The molecule has 2 amide bonds. The number of primary amides is 1. The van der Waals surface area contributed by atoms with Gasteiger partial charge in [0.05, 0.1) is 12.7 Å². The summed E-state index contributed by atoms with van der Waals surface area (Å²) in [5.41, 5.74) is 5.72. The summed E-state index contributed by atoms with van der Waals surface area (Å²) in [7, 11) is 1.45. The lowest BCUT2D eigenvalue weighted by molar-refractivity contribution is -0.113. The number of aliphatic imine (C=N–C) groups is 1. The molecule has 0 aliphatic carbocycles. The number of carbonyl (C=O) groups excluding carboxylic acids is 2. The van der Waals surface area contributed by atoms with Crippen LogP contribution >= 0.6 is 0 Å². The van der Waals surface area contributed by atoms with Gasteiger partial charge in [-0.3, -0.25) is 14.6 Å². The van der Waals surface area contributed by atoms with Crippen LogP contribution in [0.15, 0.2) is 29.3 Å². The fraction of sp³-hybridized carbons (Fsp3) is 0.353. The molecule has 126 valence electrons. The van der Waals surface area contributed by atoms with E-state index in [1.54, 1.807) is 29.3 Å². The van der Waals surface area contributed by atoms with Gasteiger partial charge in [-0.15, -0.1) is 0 Å². The molecule has 0 saturated carbocycles.